The summed E-state index contributed by atoms with van der Waals surface area (Å²) in [6.07, 6.45) is -5.02. The van der Waals surface area contributed by atoms with Crippen molar-refractivity contribution in [2.45, 2.75) is 17.8 Å². The summed E-state index contributed by atoms with van der Waals surface area (Å²) >= 11 is 0. The van der Waals surface area contributed by atoms with Crippen molar-refractivity contribution in [1.29, 1.82) is 0 Å². The zero-order valence-electron chi connectivity index (χ0n) is 15.8. The molecular weight excluding hydrogens is 383 g/mol. The highest BCUT2D eigenvalue weighted by Crippen LogP contribution is 2.42. The minimum atomic E-state index is -5.02. The Hall–Kier alpha value is -1.72. The lowest BCUT2D eigenvalue weighted by molar-refractivity contribution is -0.266. The van der Waals surface area contributed by atoms with Crippen LogP contribution in [-0.2, 0) is 29.3 Å². The van der Waals surface area contributed by atoms with Crippen LogP contribution in [0.15, 0.2) is 30.3 Å². The molecule has 0 aliphatic carbocycles. The Balaban J connectivity index is 2.75. The van der Waals surface area contributed by atoms with Gasteiger partial charge < -0.3 is 29.4 Å². The van der Waals surface area contributed by atoms with Crippen molar-refractivity contribution in [3.8, 4) is 0 Å². The zero-order valence-corrected chi connectivity index (χ0v) is 15.8. The average Bonchev–Trinajstić information content (AvgIpc) is 2.67. The first-order chi connectivity index (χ1) is 13.3. The highest BCUT2D eigenvalue weighted by molar-refractivity contribution is 5.88. The van der Waals surface area contributed by atoms with Crippen LogP contribution in [0.3, 0.4) is 0 Å². The fraction of sp³-hybridized carbons (Fsp3) is 0.611. The molecule has 1 rings (SSSR count). The number of nitrogens with one attached hydrogen (secondary N) is 1. The summed E-state index contributed by atoms with van der Waals surface area (Å²) in [5.41, 5.74) is -3.57. The lowest BCUT2D eigenvalue weighted by Gasteiger charge is -2.34. The second-order valence-corrected chi connectivity index (χ2v) is 5.78. The molecule has 2 N–H and O–H groups in total. The lowest BCUT2D eigenvalue weighted by atomic mass is 9.91. The third kappa shape index (κ3) is 6.42. The third-order valence-corrected chi connectivity index (χ3v) is 3.88. The molecule has 0 aliphatic heterocycles. The summed E-state index contributed by atoms with van der Waals surface area (Å²) in [4.78, 5) is 12.6. The number of hydrogen-bond acceptors (Lipinski definition) is 6. The first kappa shape index (κ1) is 24.3. The molecule has 160 valence electrons. The van der Waals surface area contributed by atoms with Gasteiger partial charge in [0, 0.05) is 19.8 Å². The van der Waals surface area contributed by atoms with Crippen LogP contribution >= 0.6 is 0 Å². The Morgan fingerprint density at radius 3 is 2.21 bits per heavy atom. The number of ether oxygens (including phenoxy) is 4. The molecule has 2 atom stereocenters. The molecule has 0 radical (unpaired) electrons. The number of amides is 1. The van der Waals surface area contributed by atoms with Crippen LogP contribution < -0.4 is 5.32 Å². The molecule has 1 aromatic carbocycles. The maximum Gasteiger partial charge on any atom is 0.430 e. The summed E-state index contributed by atoms with van der Waals surface area (Å²) in [5.74, 6) is -1.44. The standard InChI is InChI=1S/C18H26F3NO6/c1-25-8-9-27-10-11-28-13-15(12-23)22-16(24)17(26-2,18(19,20)21)14-6-4-3-5-7-14/h3-7,15,23H,8-13H2,1-2H3,(H,22,24)/t15-,17+/m0/s1. The number of rotatable bonds is 13. The topological polar surface area (TPSA) is 86.3 Å². The number of carbonyl (C=O) groups is 1. The Morgan fingerprint density at radius 1 is 1.07 bits per heavy atom. The Morgan fingerprint density at radius 2 is 1.68 bits per heavy atom. The summed E-state index contributed by atoms with van der Waals surface area (Å²) in [7, 11) is 2.34. The van der Waals surface area contributed by atoms with E-state index in [4.69, 9.17) is 14.2 Å². The summed E-state index contributed by atoms with van der Waals surface area (Å²) in [5, 5.41) is 11.5. The molecule has 0 fully saturated rings. The van der Waals surface area contributed by atoms with Crippen molar-refractivity contribution < 1.29 is 42.0 Å². The molecule has 0 heterocycles. The van der Waals surface area contributed by atoms with Crippen LogP contribution in [0.5, 0.6) is 0 Å². The molecule has 0 saturated heterocycles. The first-order valence-corrected chi connectivity index (χ1v) is 8.57. The van der Waals surface area contributed by atoms with Gasteiger partial charge in [-0.2, -0.15) is 13.2 Å². The van der Waals surface area contributed by atoms with Gasteiger partial charge in [0.15, 0.2) is 0 Å². The Labute approximate surface area is 161 Å². The van der Waals surface area contributed by atoms with Gasteiger partial charge in [-0.05, 0) is 0 Å². The monoisotopic (exact) mass is 409 g/mol. The van der Waals surface area contributed by atoms with E-state index in [0.717, 1.165) is 19.2 Å². The maximum absolute atomic E-state index is 13.8. The molecule has 0 aliphatic rings. The number of methoxy groups -OCH3 is 2. The number of hydrogen-bond donors (Lipinski definition) is 2. The van der Waals surface area contributed by atoms with E-state index < -0.39 is 30.3 Å². The molecule has 0 unspecified atom stereocenters. The van der Waals surface area contributed by atoms with Gasteiger partial charge in [0.25, 0.3) is 11.5 Å². The second kappa shape index (κ2) is 12.0. The maximum atomic E-state index is 13.8. The predicted octanol–water partition coefficient (Wildman–Crippen LogP) is 1.25. The third-order valence-electron chi connectivity index (χ3n) is 3.88. The van der Waals surface area contributed by atoms with E-state index in [9.17, 15) is 23.1 Å². The Kier molecular flexibility index (Phi) is 10.4. The fourth-order valence-corrected chi connectivity index (χ4v) is 2.44. The van der Waals surface area contributed by atoms with Gasteiger partial charge in [-0.15, -0.1) is 0 Å². The van der Waals surface area contributed by atoms with E-state index in [0.29, 0.717) is 13.2 Å². The van der Waals surface area contributed by atoms with Gasteiger partial charge in [-0.25, -0.2) is 0 Å². The van der Waals surface area contributed by atoms with E-state index in [-0.39, 0.29) is 25.4 Å². The highest BCUT2D eigenvalue weighted by Gasteiger charge is 2.62. The van der Waals surface area contributed by atoms with Crippen LogP contribution in [0.1, 0.15) is 5.56 Å². The number of halogens is 3. The molecule has 1 amide bonds. The minimum absolute atomic E-state index is 0.142. The number of aliphatic hydroxyl groups excluding tert-OH is 1. The van der Waals surface area contributed by atoms with Crippen molar-refractivity contribution >= 4 is 5.91 Å². The molecule has 7 nitrogen and oxygen atoms in total. The number of carbonyl (C=O) groups excluding carboxylic acids is 1. The molecule has 1 aromatic rings. The highest BCUT2D eigenvalue weighted by atomic mass is 19.4. The van der Waals surface area contributed by atoms with Crippen molar-refractivity contribution in [2.24, 2.45) is 0 Å². The predicted molar refractivity (Wildman–Crippen MR) is 93.7 cm³/mol. The van der Waals surface area contributed by atoms with Crippen molar-refractivity contribution in [3.05, 3.63) is 35.9 Å². The van der Waals surface area contributed by atoms with Crippen molar-refractivity contribution in [3.63, 3.8) is 0 Å². The van der Waals surface area contributed by atoms with Gasteiger partial charge in [0.1, 0.15) is 0 Å². The molecule has 0 spiro atoms. The van der Waals surface area contributed by atoms with E-state index in [1.54, 1.807) is 0 Å². The normalized spacial score (nSPS) is 15.1. The Bertz CT molecular complexity index is 572. The molecule has 0 aromatic heterocycles. The minimum Gasteiger partial charge on any atom is -0.394 e. The van der Waals surface area contributed by atoms with E-state index >= 15 is 0 Å². The van der Waals surface area contributed by atoms with Crippen LogP contribution in [0, 0.1) is 0 Å². The van der Waals surface area contributed by atoms with Gasteiger partial charge >= 0.3 is 6.18 Å². The fourth-order valence-electron chi connectivity index (χ4n) is 2.44. The average molecular weight is 409 g/mol. The zero-order chi connectivity index (χ0) is 21.0. The summed E-state index contributed by atoms with van der Waals surface area (Å²) < 4.78 is 61.3. The number of alkyl halides is 3. The molecule has 10 heteroatoms. The van der Waals surface area contributed by atoms with E-state index in [2.05, 4.69) is 10.1 Å². The number of aliphatic hydroxyl groups is 1. The van der Waals surface area contributed by atoms with Gasteiger partial charge in [0.2, 0.25) is 0 Å². The van der Waals surface area contributed by atoms with E-state index in [1.807, 2.05) is 0 Å². The van der Waals surface area contributed by atoms with Crippen LogP contribution in [0.2, 0.25) is 0 Å². The first-order valence-electron chi connectivity index (χ1n) is 8.57. The largest absolute Gasteiger partial charge is 0.430 e. The molecular formula is C18H26F3NO6. The van der Waals surface area contributed by atoms with Crippen LogP contribution in [0.4, 0.5) is 13.2 Å². The SMILES string of the molecule is COCCOCCOC[C@H](CO)NC(=O)[C@](OC)(c1ccccc1)C(F)(F)F. The van der Waals surface area contributed by atoms with Gasteiger partial charge in [0.05, 0.1) is 45.7 Å². The molecule has 0 saturated carbocycles. The number of benzene rings is 1. The summed E-state index contributed by atoms with van der Waals surface area (Å²) in [6.45, 7) is 0.378. The van der Waals surface area contributed by atoms with Crippen LogP contribution in [-0.4, -0.2) is 77.1 Å². The van der Waals surface area contributed by atoms with E-state index in [1.165, 1.54) is 25.3 Å². The van der Waals surface area contributed by atoms with Crippen molar-refractivity contribution in [2.75, 3.05) is 53.9 Å². The van der Waals surface area contributed by atoms with Crippen molar-refractivity contribution in [1.82, 2.24) is 5.32 Å². The lowest BCUT2D eigenvalue weighted by Crippen LogP contribution is -2.58. The molecule has 0 bridgehead atoms. The smallest absolute Gasteiger partial charge is 0.394 e. The van der Waals surface area contributed by atoms with Gasteiger partial charge in [-0.1, -0.05) is 30.3 Å². The molecule has 28 heavy (non-hydrogen) atoms. The van der Waals surface area contributed by atoms with Crippen LogP contribution in [0.25, 0.3) is 0 Å². The second-order valence-electron chi connectivity index (χ2n) is 5.78. The van der Waals surface area contributed by atoms with Gasteiger partial charge in [-0.3, -0.25) is 4.79 Å². The summed E-state index contributed by atoms with van der Waals surface area (Å²) in [6, 6.07) is 5.53. The quantitative estimate of drug-likeness (QED) is 0.477.